The molecule has 4 nitrogen and oxygen atoms in total. The number of aryl methyl sites for hydroxylation is 1. The van der Waals surface area contributed by atoms with Gasteiger partial charge < -0.3 is 0 Å². The second-order valence-corrected chi connectivity index (χ2v) is 4.58. The molecule has 0 unspecified atom stereocenters. The maximum absolute atomic E-state index is 13.9. The summed E-state index contributed by atoms with van der Waals surface area (Å²) in [6.07, 6.45) is -3.17. The predicted molar refractivity (Wildman–Crippen MR) is 71.0 cm³/mol. The Morgan fingerprint density at radius 2 is 1.86 bits per heavy atom. The van der Waals surface area contributed by atoms with Crippen LogP contribution in [-0.4, -0.2) is 19.5 Å². The van der Waals surface area contributed by atoms with Crippen molar-refractivity contribution in [1.82, 2.24) is 19.5 Å². The van der Waals surface area contributed by atoms with E-state index in [1.54, 1.807) is 13.0 Å². The van der Waals surface area contributed by atoms with Crippen molar-refractivity contribution in [2.75, 3.05) is 0 Å². The molecule has 0 aliphatic carbocycles. The molecule has 0 amide bonds. The van der Waals surface area contributed by atoms with Crippen LogP contribution in [0, 0.1) is 5.82 Å². The van der Waals surface area contributed by atoms with Crippen molar-refractivity contribution < 1.29 is 17.6 Å². The molecule has 0 spiro atoms. The highest BCUT2D eigenvalue weighted by Gasteiger charge is 2.36. The van der Waals surface area contributed by atoms with Crippen LogP contribution in [0.25, 0.3) is 16.9 Å². The first kappa shape index (κ1) is 14.4. The van der Waals surface area contributed by atoms with Crippen LogP contribution in [0.15, 0.2) is 30.6 Å². The third-order valence-corrected chi connectivity index (χ3v) is 3.17. The van der Waals surface area contributed by atoms with E-state index in [2.05, 4.69) is 15.0 Å². The molecule has 22 heavy (non-hydrogen) atoms. The van der Waals surface area contributed by atoms with Gasteiger partial charge in [-0.05, 0) is 18.6 Å². The van der Waals surface area contributed by atoms with E-state index in [4.69, 9.17) is 0 Å². The number of para-hydroxylation sites is 1. The van der Waals surface area contributed by atoms with Crippen LogP contribution >= 0.6 is 0 Å². The predicted octanol–water partition coefficient (Wildman–Crippen LogP) is 3.54. The second kappa shape index (κ2) is 5.04. The number of rotatable bonds is 2. The number of aromatic nitrogens is 4. The molecule has 0 aliphatic heterocycles. The number of hydrogen-bond donors (Lipinski definition) is 0. The van der Waals surface area contributed by atoms with E-state index in [1.807, 2.05) is 0 Å². The van der Waals surface area contributed by atoms with Crippen molar-refractivity contribution in [2.24, 2.45) is 0 Å². The fourth-order valence-corrected chi connectivity index (χ4v) is 2.16. The molecular formula is C14H10F4N4. The molecule has 3 rings (SSSR count). The van der Waals surface area contributed by atoms with Crippen molar-refractivity contribution in [3.63, 3.8) is 0 Å². The number of imidazole rings is 1. The van der Waals surface area contributed by atoms with Gasteiger partial charge in [0.25, 0.3) is 0 Å². The minimum absolute atomic E-state index is 0.0655. The van der Waals surface area contributed by atoms with Crippen molar-refractivity contribution in [1.29, 1.82) is 0 Å². The van der Waals surface area contributed by atoms with Gasteiger partial charge in [-0.3, -0.25) is 4.57 Å². The first-order chi connectivity index (χ1) is 10.4. The van der Waals surface area contributed by atoms with E-state index in [0.29, 0.717) is 0 Å². The Kier molecular flexibility index (Phi) is 3.31. The lowest BCUT2D eigenvalue weighted by atomic mass is 10.2. The molecule has 3 aromatic rings. The number of benzene rings is 1. The van der Waals surface area contributed by atoms with Crippen LogP contribution in [0.4, 0.5) is 17.6 Å². The standard InChI is InChI=1S/C14H10F4N4/c1-2-9-11-12(21-13(20-9)14(16,17)18)22(7-19-11)10-6-4-3-5-8(10)15/h3-7H,2H2,1H3. The normalized spacial score (nSPS) is 12.0. The molecule has 0 saturated heterocycles. The number of alkyl halides is 3. The summed E-state index contributed by atoms with van der Waals surface area (Å²) in [5, 5.41) is 0. The van der Waals surface area contributed by atoms with Gasteiger partial charge in [-0.1, -0.05) is 19.1 Å². The SMILES string of the molecule is CCc1nc(C(F)(F)F)nc2c1ncn2-c1ccccc1F. The summed E-state index contributed by atoms with van der Waals surface area (Å²) in [6.45, 7) is 1.67. The molecule has 0 fully saturated rings. The third-order valence-electron chi connectivity index (χ3n) is 3.17. The lowest BCUT2D eigenvalue weighted by molar-refractivity contribution is -0.144. The summed E-state index contributed by atoms with van der Waals surface area (Å²) in [5.74, 6) is -1.83. The quantitative estimate of drug-likeness (QED) is 0.680. The zero-order valence-electron chi connectivity index (χ0n) is 11.4. The smallest absolute Gasteiger partial charge is 0.280 e. The molecule has 2 aromatic heterocycles. The van der Waals surface area contributed by atoms with Crippen molar-refractivity contribution in [2.45, 2.75) is 19.5 Å². The van der Waals surface area contributed by atoms with Crippen LogP contribution in [0.1, 0.15) is 18.4 Å². The summed E-state index contributed by atoms with van der Waals surface area (Å²) < 4.78 is 53.8. The first-order valence-electron chi connectivity index (χ1n) is 6.48. The molecule has 0 bridgehead atoms. The van der Waals surface area contributed by atoms with E-state index >= 15 is 0 Å². The average molecular weight is 310 g/mol. The lowest BCUT2D eigenvalue weighted by Gasteiger charge is -2.09. The van der Waals surface area contributed by atoms with Gasteiger partial charge in [0, 0.05) is 0 Å². The zero-order chi connectivity index (χ0) is 15.9. The van der Waals surface area contributed by atoms with Crippen molar-refractivity contribution >= 4 is 11.2 Å². The number of hydrogen-bond acceptors (Lipinski definition) is 3. The van der Waals surface area contributed by atoms with Crippen LogP contribution in [0.5, 0.6) is 0 Å². The molecule has 8 heteroatoms. The fourth-order valence-electron chi connectivity index (χ4n) is 2.16. The zero-order valence-corrected chi connectivity index (χ0v) is 11.4. The molecular weight excluding hydrogens is 300 g/mol. The average Bonchev–Trinajstić information content (AvgIpc) is 2.89. The first-order valence-corrected chi connectivity index (χ1v) is 6.48. The van der Waals surface area contributed by atoms with Crippen LogP contribution in [0.2, 0.25) is 0 Å². The third kappa shape index (κ3) is 2.30. The number of fused-ring (bicyclic) bond motifs is 1. The van der Waals surface area contributed by atoms with Gasteiger partial charge in [-0.15, -0.1) is 0 Å². The van der Waals surface area contributed by atoms with E-state index in [9.17, 15) is 17.6 Å². The molecule has 2 heterocycles. The largest absolute Gasteiger partial charge is 0.451 e. The van der Waals surface area contributed by atoms with Gasteiger partial charge in [0.1, 0.15) is 17.7 Å². The van der Waals surface area contributed by atoms with E-state index in [0.717, 1.165) is 0 Å². The molecule has 114 valence electrons. The van der Waals surface area contributed by atoms with Crippen LogP contribution in [-0.2, 0) is 12.6 Å². The fraction of sp³-hybridized carbons (Fsp3) is 0.214. The minimum atomic E-state index is -4.68. The Bertz CT molecular complexity index is 838. The highest BCUT2D eigenvalue weighted by atomic mass is 19.4. The number of nitrogens with zero attached hydrogens (tertiary/aromatic N) is 4. The monoisotopic (exact) mass is 310 g/mol. The molecule has 1 aromatic carbocycles. The summed E-state index contributed by atoms with van der Waals surface area (Å²) in [7, 11) is 0. The highest BCUT2D eigenvalue weighted by Crippen LogP contribution is 2.29. The second-order valence-electron chi connectivity index (χ2n) is 4.58. The van der Waals surface area contributed by atoms with Gasteiger partial charge in [0.15, 0.2) is 5.65 Å². The van der Waals surface area contributed by atoms with Crippen LogP contribution in [0.3, 0.4) is 0 Å². The molecule has 0 saturated carbocycles. The summed E-state index contributed by atoms with van der Waals surface area (Å²) in [5.41, 5.74) is 0.425. The van der Waals surface area contributed by atoms with Gasteiger partial charge in [0.05, 0.1) is 11.4 Å². The van der Waals surface area contributed by atoms with Crippen LogP contribution < -0.4 is 0 Å². The van der Waals surface area contributed by atoms with Gasteiger partial charge >= 0.3 is 6.18 Å². The van der Waals surface area contributed by atoms with Crippen molar-refractivity contribution in [3.05, 3.63) is 47.9 Å². The molecule has 0 aliphatic rings. The topological polar surface area (TPSA) is 43.6 Å². The maximum Gasteiger partial charge on any atom is 0.451 e. The Morgan fingerprint density at radius 1 is 1.14 bits per heavy atom. The summed E-state index contributed by atoms with van der Waals surface area (Å²) in [6, 6.07) is 5.73. The van der Waals surface area contributed by atoms with Gasteiger partial charge in [-0.2, -0.15) is 13.2 Å². The summed E-state index contributed by atoms with van der Waals surface area (Å²) >= 11 is 0. The number of halogens is 4. The minimum Gasteiger partial charge on any atom is -0.280 e. The van der Waals surface area contributed by atoms with Gasteiger partial charge in [0.2, 0.25) is 5.82 Å². The summed E-state index contributed by atoms with van der Waals surface area (Å²) in [4.78, 5) is 11.1. The van der Waals surface area contributed by atoms with Crippen molar-refractivity contribution in [3.8, 4) is 5.69 Å². The maximum atomic E-state index is 13.9. The molecule has 0 atom stereocenters. The Hall–Kier alpha value is -2.51. The van der Waals surface area contributed by atoms with Gasteiger partial charge in [-0.25, -0.2) is 19.3 Å². The Morgan fingerprint density at radius 3 is 2.50 bits per heavy atom. The van der Waals surface area contributed by atoms with E-state index in [-0.39, 0.29) is 29.0 Å². The Labute approximate surface area is 122 Å². The molecule has 0 N–H and O–H groups in total. The molecule has 0 radical (unpaired) electrons. The van der Waals surface area contributed by atoms with E-state index < -0.39 is 17.8 Å². The highest BCUT2D eigenvalue weighted by molar-refractivity contribution is 5.75. The Balaban J connectivity index is 2.32. The lowest BCUT2D eigenvalue weighted by Crippen LogP contribution is -2.13. The van der Waals surface area contributed by atoms with E-state index in [1.165, 1.54) is 29.1 Å².